The van der Waals surface area contributed by atoms with Crippen LogP contribution in [0.4, 0.5) is 0 Å². The zero-order valence-electron chi connectivity index (χ0n) is 9.80. The summed E-state index contributed by atoms with van der Waals surface area (Å²) in [6.45, 7) is 0.249. The molecule has 2 heteroatoms. The summed E-state index contributed by atoms with van der Waals surface area (Å²) >= 11 is 0. The molecule has 0 aliphatic carbocycles. The first-order valence-electron chi connectivity index (χ1n) is 5.58. The maximum Gasteiger partial charge on any atom is 0.339 e. The normalized spacial score (nSPS) is 9.50. The van der Waals surface area contributed by atoms with Crippen LogP contribution in [0.1, 0.15) is 21.5 Å². The molecule has 0 bridgehead atoms. The van der Waals surface area contributed by atoms with Crippen LogP contribution in [0.25, 0.3) is 0 Å². The molecule has 0 atom stereocenters. The minimum absolute atomic E-state index is 0.249. The number of esters is 1. The third-order valence-electron chi connectivity index (χ3n) is 2.52. The van der Waals surface area contributed by atoms with Crippen molar-refractivity contribution in [2.75, 3.05) is 0 Å². The quantitative estimate of drug-likeness (QED) is 0.605. The third kappa shape index (κ3) is 2.78. The van der Waals surface area contributed by atoms with E-state index in [1.54, 1.807) is 24.3 Å². The average molecular weight is 236 g/mol. The van der Waals surface area contributed by atoms with Gasteiger partial charge in [0, 0.05) is 5.56 Å². The van der Waals surface area contributed by atoms with Gasteiger partial charge in [-0.1, -0.05) is 48.4 Å². The Morgan fingerprint density at radius 3 is 2.44 bits per heavy atom. The fourth-order valence-electron chi connectivity index (χ4n) is 1.59. The summed E-state index contributed by atoms with van der Waals surface area (Å²) in [5.41, 5.74) is 1.93. The monoisotopic (exact) mass is 236 g/mol. The molecule has 2 aromatic carbocycles. The van der Waals surface area contributed by atoms with Gasteiger partial charge in [-0.25, -0.2) is 4.79 Å². The van der Waals surface area contributed by atoms with E-state index in [9.17, 15) is 4.79 Å². The van der Waals surface area contributed by atoms with Crippen molar-refractivity contribution in [1.29, 1.82) is 0 Å². The van der Waals surface area contributed by atoms with E-state index in [0.717, 1.165) is 5.56 Å². The summed E-state index contributed by atoms with van der Waals surface area (Å²) in [5.74, 6) is 2.08. The van der Waals surface area contributed by atoms with E-state index in [4.69, 9.17) is 11.2 Å². The van der Waals surface area contributed by atoms with Crippen LogP contribution in [0, 0.1) is 12.3 Å². The van der Waals surface area contributed by atoms with Crippen molar-refractivity contribution >= 4 is 5.97 Å². The van der Waals surface area contributed by atoms with Crippen LogP contribution in [0.3, 0.4) is 0 Å². The summed E-state index contributed by atoms with van der Waals surface area (Å²) in [5, 5.41) is 0. The van der Waals surface area contributed by atoms with Gasteiger partial charge in [0.15, 0.2) is 0 Å². The molecule has 0 unspecified atom stereocenters. The predicted molar refractivity (Wildman–Crippen MR) is 69.9 cm³/mol. The highest BCUT2D eigenvalue weighted by Gasteiger charge is 2.10. The molecule has 0 amide bonds. The number of ether oxygens (including phenoxy) is 1. The molecule has 0 heterocycles. The van der Waals surface area contributed by atoms with E-state index >= 15 is 0 Å². The molecule has 0 spiro atoms. The van der Waals surface area contributed by atoms with Gasteiger partial charge in [-0.3, -0.25) is 0 Å². The first-order chi connectivity index (χ1) is 8.81. The smallest absolute Gasteiger partial charge is 0.339 e. The molecule has 0 N–H and O–H groups in total. The van der Waals surface area contributed by atoms with Crippen molar-refractivity contribution in [3.05, 3.63) is 71.3 Å². The highest BCUT2D eigenvalue weighted by molar-refractivity contribution is 5.92. The maximum absolute atomic E-state index is 11.9. The first kappa shape index (κ1) is 11.9. The number of rotatable bonds is 3. The summed E-state index contributed by atoms with van der Waals surface area (Å²) in [4.78, 5) is 11.9. The van der Waals surface area contributed by atoms with Crippen molar-refractivity contribution in [1.82, 2.24) is 0 Å². The molecule has 18 heavy (non-hydrogen) atoms. The van der Waals surface area contributed by atoms with E-state index in [-0.39, 0.29) is 6.61 Å². The van der Waals surface area contributed by atoms with E-state index in [1.807, 2.05) is 30.3 Å². The Hall–Kier alpha value is -2.53. The molecule has 0 aliphatic rings. The molecular weight excluding hydrogens is 224 g/mol. The number of benzene rings is 2. The van der Waals surface area contributed by atoms with Crippen molar-refractivity contribution in [2.45, 2.75) is 6.61 Å². The molecule has 2 rings (SSSR count). The first-order valence-corrected chi connectivity index (χ1v) is 5.58. The molecule has 2 nitrogen and oxygen atoms in total. The van der Waals surface area contributed by atoms with E-state index < -0.39 is 5.97 Å². The summed E-state index contributed by atoms with van der Waals surface area (Å²) in [6, 6.07) is 16.5. The van der Waals surface area contributed by atoms with Crippen molar-refractivity contribution in [3.8, 4) is 12.3 Å². The number of carbonyl (C=O) groups is 1. The lowest BCUT2D eigenvalue weighted by atomic mass is 10.1. The average Bonchev–Trinajstić information content (AvgIpc) is 2.45. The zero-order chi connectivity index (χ0) is 12.8. The SMILES string of the molecule is C#Cc1ccccc1C(=O)OCc1ccccc1. The highest BCUT2D eigenvalue weighted by Crippen LogP contribution is 2.10. The Labute approximate surface area is 106 Å². The molecular formula is C16H12O2. The molecule has 0 saturated heterocycles. The maximum atomic E-state index is 11.9. The Balaban J connectivity index is 2.07. The van der Waals surface area contributed by atoms with E-state index in [0.29, 0.717) is 11.1 Å². The lowest BCUT2D eigenvalue weighted by Crippen LogP contribution is -2.07. The second-order valence-corrected chi connectivity index (χ2v) is 3.75. The topological polar surface area (TPSA) is 26.3 Å². The third-order valence-corrected chi connectivity index (χ3v) is 2.52. The molecule has 0 fully saturated rings. The van der Waals surface area contributed by atoms with Gasteiger partial charge in [0.25, 0.3) is 0 Å². The lowest BCUT2D eigenvalue weighted by Gasteiger charge is -2.06. The van der Waals surface area contributed by atoms with Gasteiger partial charge in [0.1, 0.15) is 6.61 Å². The summed E-state index contributed by atoms with van der Waals surface area (Å²) in [7, 11) is 0. The second-order valence-electron chi connectivity index (χ2n) is 3.75. The summed E-state index contributed by atoms with van der Waals surface area (Å²) < 4.78 is 5.22. The number of terminal acetylenes is 1. The fourth-order valence-corrected chi connectivity index (χ4v) is 1.59. The molecule has 0 aliphatic heterocycles. The molecule has 0 radical (unpaired) electrons. The van der Waals surface area contributed by atoms with E-state index in [2.05, 4.69) is 5.92 Å². The van der Waals surface area contributed by atoms with Gasteiger partial charge in [0.2, 0.25) is 0 Å². The fraction of sp³-hybridized carbons (Fsp3) is 0.0625. The second kappa shape index (κ2) is 5.70. The van der Waals surface area contributed by atoms with Crippen LogP contribution < -0.4 is 0 Å². The van der Waals surface area contributed by atoms with Crippen LogP contribution in [0.5, 0.6) is 0 Å². The van der Waals surface area contributed by atoms with Crippen molar-refractivity contribution < 1.29 is 9.53 Å². The lowest BCUT2D eigenvalue weighted by molar-refractivity contribution is 0.0472. The Kier molecular flexibility index (Phi) is 3.78. The number of carbonyl (C=O) groups excluding carboxylic acids is 1. The Morgan fingerprint density at radius 2 is 1.72 bits per heavy atom. The van der Waals surface area contributed by atoms with E-state index in [1.165, 1.54) is 0 Å². The zero-order valence-corrected chi connectivity index (χ0v) is 9.80. The summed E-state index contributed by atoms with van der Waals surface area (Å²) in [6.07, 6.45) is 5.34. The Bertz CT molecular complexity index is 580. The van der Waals surface area contributed by atoms with Gasteiger partial charge in [-0.05, 0) is 17.7 Å². The largest absolute Gasteiger partial charge is 0.457 e. The van der Waals surface area contributed by atoms with Gasteiger partial charge in [-0.15, -0.1) is 6.42 Å². The van der Waals surface area contributed by atoms with Crippen LogP contribution >= 0.6 is 0 Å². The van der Waals surface area contributed by atoms with Gasteiger partial charge in [0.05, 0.1) is 5.56 Å². The predicted octanol–water partition coefficient (Wildman–Crippen LogP) is 3.02. The molecule has 88 valence electrons. The number of hydrogen-bond acceptors (Lipinski definition) is 2. The standard InChI is InChI=1S/C16H12O2/c1-2-14-10-6-7-11-15(14)16(17)18-12-13-8-4-3-5-9-13/h1,3-11H,12H2. The molecule has 0 saturated carbocycles. The van der Waals surface area contributed by atoms with Crippen LogP contribution in [-0.2, 0) is 11.3 Å². The van der Waals surface area contributed by atoms with Gasteiger partial charge >= 0.3 is 5.97 Å². The highest BCUT2D eigenvalue weighted by atomic mass is 16.5. The van der Waals surface area contributed by atoms with Crippen LogP contribution in [0.2, 0.25) is 0 Å². The van der Waals surface area contributed by atoms with Crippen LogP contribution in [0.15, 0.2) is 54.6 Å². The van der Waals surface area contributed by atoms with Crippen molar-refractivity contribution in [2.24, 2.45) is 0 Å². The molecule has 2 aromatic rings. The van der Waals surface area contributed by atoms with Gasteiger partial charge in [-0.2, -0.15) is 0 Å². The number of hydrogen-bond donors (Lipinski definition) is 0. The van der Waals surface area contributed by atoms with Crippen molar-refractivity contribution in [3.63, 3.8) is 0 Å². The minimum Gasteiger partial charge on any atom is -0.457 e. The Morgan fingerprint density at radius 1 is 1.06 bits per heavy atom. The molecule has 0 aromatic heterocycles. The van der Waals surface area contributed by atoms with Gasteiger partial charge < -0.3 is 4.74 Å². The minimum atomic E-state index is -0.396. The van der Waals surface area contributed by atoms with Crippen LogP contribution in [-0.4, -0.2) is 5.97 Å².